The molecule has 3 rings (SSSR count). The van der Waals surface area contributed by atoms with Gasteiger partial charge in [0.1, 0.15) is 5.76 Å². The molecule has 6 heteroatoms. The van der Waals surface area contributed by atoms with Crippen LogP contribution in [0.2, 0.25) is 0 Å². The number of aromatic nitrogens is 1. The van der Waals surface area contributed by atoms with Crippen LogP contribution in [0.25, 0.3) is 0 Å². The van der Waals surface area contributed by atoms with Gasteiger partial charge >= 0.3 is 0 Å². The quantitative estimate of drug-likeness (QED) is 0.879. The third kappa shape index (κ3) is 3.92. The summed E-state index contributed by atoms with van der Waals surface area (Å²) in [6.07, 6.45) is 3.95. The first-order valence-corrected chi connectivity index (χ1v) is 7.87. The molecular formula is C17H22ClN3O2. The number of anilines is 1. The van der Waals surface area contributed by atoms with Crippen LogP contribution in [0.15, 0.2) is 28.8 Å². The Hall–Kier alpha value is -1.85. The van der Waals surface area contributed by atoms with Crippen molar-refractivity contribution in [2.24, 2.45) is 0 Å². The van der Waals surface area contributed by atoms with Crippen molar-refractivity contribution in [3.63, 3.8) is 0 Å². The van der Waals surface area contributed by atoms with E-state index in [2.05, 4.69) is 22.7 Å². The van der Waals surface area contributed by atoms with Gasteiger partial charge in [-0.1, -0.05) is 30.3 Å². The molecular weight excluding hydrogens is 314 g/mol. The molecule has 1 amide bonds. The zero-order valence-electron chi connectivity index (χ0n) is 13.2. The number of aryl methyl sites for hydroxylation is 1. The minimum atomic E-state index is -0.184. The highest BCUT2D eigenvalue weighted by Gasteiger charge is 2.24. The molecule has 0 saturated heterocycles. The zero-order chi connectivity index (χ0) is 15.4. The first-order chi connectivity index (χ1) is 10.8. The average molecular weight is 336 g/mol. The van der Waals surface area contributed by atoms with Crippen molar-refractivity contribution in [1.82, 2.24) is 10.5 Å². The van der Waals surface area contributed by atoms with Gasteiger partial charge in [-0.15, -0.1) is 12.4 Å². The Morgan fingerprint density at radius 2 is 2.04 bits per heavy atom. The van der Waals surface area contributed by atoms with Crippen LogP contribution < -0.4 is 10.6 Å². The zero-order valence-corrected chi connectivity index (χ0v) is 14.0. The van der Waals surface area contributed by atoms with Crippen LogP contribution in [0.3, 0.4) is 0 Å². The van der Waals surface area contributed by atoms with Crippen LogP contribution in [-0.4, -0.2) is 17.6 Å². The molecule has 1 aromatic heterocycles. The number of amides is 1. The van der Waals surface area contributed by atoms with Gasteiger partial charge in [0, 0.05) is 24.2 Å². The number of para-hydroxylation sites is 1. The van der Waals surface area contributed by atoms with Gasteiger partial charge in [0.05, 0.1) is 0 Å². The lowest BCUT2D eigenvalue weighted by Gasteiger charge is -2.12. The lowest BCUT2D eigenvalue weighted by molar-refractivity contribution is 0.101. The molecule has 0 aliphatic heterocycles. The summed E-state index contributed by atoms with van der Waals surface area (Å²) in [6, 6.07) is 7.82. The van der Waals surface area contributed by atoms with Crippen molar-refractivity contribution >= 4 is 24.0 Å². The van der Waals surface area contributed by atoms with Crippen LogP contribution in [0.4, 0.5) is 5.69 Å². The van der Waals surface area contributed by atoms with E-state index in [1.807, 2.05) is 24.3 Å². The van der Waals surface area contributed by atoms with Crippen LogP contribution in [0, 0.1) is 0 Å². The molecule has 0 radical (unpaired) electrons. The molecule has 0 bridgehead atoms. The number of halogens is 1. The third-order valence-corrected chi connectivity index (χ3v) is 4.00. The summed E-state index contributed by atoms with van der Waals surface area (Å²) in [5.41, 5.74) is 3.30. The van der Waals surface area contributed by atoms with Crippen molar-refractivity contribution in [2.45, 2.75) is 39.2 Å². The van der Waals surface area contributed by atoms with Crippen molar-refractivity contribution < 1.29 is 9.32 Å². The van der Waals surface area contributed by atoms with E-state index in [1.54, 1.807) is 0 Å². The number of benzene rings is 1. The Morgan fingerprint density at radius 1 is 1.26 bits per heavy atom. The van der Waals surface area contributed by atoms with E-state index in [0.717, 1.165) is 61.3 Å². The Bertz CT molecular complexity index is 670. The van der Waals surface area contributed by atoms with Gasteiger partial charge in [0.15, 0.2) is 5.69 Å². The molecule has 1 heterocycles. The second kappa shape index (κ2) is 8.13. The number of hydrogen-bond acceptors (Lipinski definition) is 4. The van der Waals surface area contributed by atoms with E-state index >= 15 is 0 Å². The van der Waals surface area contributed by atoms with Gasteiger partial charge in [0.25, 0.3) is 5.91 Å². The number of nitrogens with one attached hydrogen (secondary N) is 2. The SMILES string of the molecule is CCNCc1ccccc1NC(=O)c1noc2c1CCCC2.Cl. The van der Waals surface area contributed by atoms with Crippen molar-refractivity contribution in [3.05, 3.63) is 46.8 Å². The molecule has 0 atom stereocenters. The fourth-order valence-electron chi connectivity index (χ4n) is 2.80. The first-order valence-electron chi connectivity index (χ1n) is 7.87. The molecule has 0 saturated carbocycles. The maximum Gasteiger partial charge on any atom is 0.278 e. The highest BCUT2D eigenvalue weighted by molar-refractivity contribution is 6.04. The lowest BCUT2D eigenvalue weighted by atomic mass is 9.96. The minimum absolute atomic E-state index is 0. The molecule has 23 heavy (non-hydrogen) atoms. The predicted molar refractivity (Wildman–Crippen MR) is 92.2 cm³/mol. The maximum absolute atomic E-state index is 12.5. The molecule has 0 unspecified atom stereocenters. The first kappa shape index (κ1) is 17.5. The number of rotatable bonds is 5. The van der Waals surface area contributed by atoms with Gasteiger partial charge in [-0.3, -0.25) is 4.79 Å². The summed E-state index contributed by atoms with van der Waals surface area (Å²) in [4.78, 5) is 12.5. The number of nitrogens with zero attached hydrogens (tertiary/aromatic N) is 1. The lowest BCUT2D eigenvalue weighted by Crippen LogP contribution is -2.18. The van der Waals surface area contributed by atoms with E-state index in [-0.39, 0.29) is 18.3 Å². The predicted octanol–water partition coefficient (Wildman–Crippen LogP) is 3.34. The van der Waals surface area contributed by atoms with Gasteiger partial charge in [-0.05, 0) is 37.4 Å². The molecule has 5 nitrogen and oxygen atoms in total. The fraction of sp³-hybridized carbons (Fsp3) is 0.412. The van der Waals surface area contributed by atoms with Crippen molar-refractivity contribution in [1.29, 1.82) is 0 Å². The van der Waals surface area contributed by atoms with E-state index in [9.17, 15) is 4.79 Å². The highest BCUT2D eigenvalue weighted by Crippen LogP contribution is 2.25. The molecule has 1 aliphatic rings. The summed E-state index contributed by atoms with van der Waals surface area (Å²) in [5, 5.41) is 10.2. The molecule has 2 aromatic rings. The number of carbonyl (C=O) groups is 1. The largest absolute Gasteiger partial charge is 0.360 e. The van der Waals surface area contributed by atoms with Crippen LogP contribution in [0.5, 0.6) is 0 Å². The van der Waals surface area contributed by atoms with Gasteiger partial charge in [0.2, 0.25) is 0 Å². The summed E-state index contributed by atoms with van der Waals surface area (Å²) in [6.45, 7) is 3.67. The summed E-state index contributed by atoms with van der Waals surface area (Å²) >= 11 is 0. The second-order valence-electron chi connectivity index (χ2n) is 5.53. The second-order valence-corrected chi connectivity index (χ2v) is 5.53. The highest BCUT2D eigenvalue weighted by atomic mass is 35.5. The average Bonchev–Trinajstić information content (AvgIpc) is 2.98. The maximum atomic E-state index is 12.5. The van der Waals surface area contributed by atoms with E-state index < -0.39 is 0 Å². The Labute approximate surface area is 142 Å². The van der Waals surface area contributed by atoms with E-state index in [0.29, 0.717) is 5.69 Å². The number of carbonyl (C=O) groups excluding carboxylic acids is 1. The molecule has 124 valence electrons. The van der Waals surface area contributed by atoms with Crippen LogP contribution in [-0.2, 0) is 19.4 Å². The van der Waals surface area contributed by atoms with Crippen molar-refractivity contribution in [3.8, 4) is 0 Å². The summed E-state index contributed by atoms with van der Waals surface area (Å²) in [7, 11) is 0. The Balaban J connectivity index is 0.00000192. The smallest absolute Gasteiger partial charge is 0.278 e. The van der Waals surface area contributed by atoms with E-state index in [1.165, 1.54) is 0 Å². The van der Waals surface area contributed by atoms with Gasteiger partial charge < -0.3 is 15.2 Å². The van der Waals surface area contributed by atoms with Gasteiger partial charge in [-0.2, -0.15) is 0 Å². The van der Waals surface area contributed by atoms with Crippen LogP contribution >= 0.6 is 12.4 Å². The molecule has 0 fully saturated rings. The Kier molecular flexibility index (Phi) is 6.19. The van der Waals surface area contributed by atoms with Crippen molar-refractivity contribution in [2.75, 3.05) is 11.9 Å². The monoisotopic (exact) mass is 335 g/mol. The Morgan fingerprint density at radius 3 is 2.87 bits per heavy atom. The summed E-state index contributed by atoms with van der Waals surface area (Å²) in [5.74, 6) is 0.688. The molecule has 1 aromatic carbocycles. The number of hydrogen-bond donors (Lipinski definition) is 2. The molecule has 2 N–H and O–H groups in total. The van der Waals surface area contributed by atoms with Crippen LogP contribution in [0.1, 0.15) is 47.1 Å². The van der Waals surface area contributed by atoms with Gasteiger partial charge in [-0.25, -0.2) is 0 Å². The summed E-state index contributed by atoms with van der Waals surface area (Å²) < 4.78 is 5.32. The fourth-order valence-corrected chi connectivity index (χ4v) is 2.80. The minimum Gasteiger partial charge on any atom is -0.360 e. The normalized spacial score (nSPS) is 13.1. The standard InChI is InChI=1S/C17H21N3O2.ClH/c1-2-18-11-12-7-3-5-9-14(12)19-17(21)16-13-8-4-6-10-15(13)22-20-16;/h3,5,7,9,18H,2,4,6,8,10-11H2,1H3,(H,19,21);1H. The molecule has 0 spiro atoms. The van der Waals surface area contributed by atoms with E-state index in [4.69, 9.17) is 4.52 Å². The molecule has 1 aliphatic carbocycles. The topological polar surface area (TPSA) is 67.2 Å². The number of fused-ring (bicyclic) bond motifs is 1. The third-order valence-electron chi connectivity index (χ3n) is 4.00.